The summed E-state index contributed by atoms with van der Waals surface area (Å²) < 4.78 is 19.2. The van der Waals surface area contributed by atoms with Crippen molar-refractivity contribution in [1.29, 1.82) is 0 Å². The van der Waals surface area contributed by atoms with Crippen molar-refractivity contribution in [3.8, 4) is 17.1 Å². The molecule has 1 aromatic heterocycles. The van der Waals surface area contributed by atoms with Crippen LogP contribution in [0.5, 0.6) is 5.75 Å². The molecule has 4 heteroatoms. The average molecular weight is 471 g/mol. The van der Waals surface area contributed by atoms with Gasteiger partial charge in [0.2, 0.25) is 0 Å². The number of alkyl halides is 1. The van der Waals surface area contributed by atoms with Gasteiger partial charge in [-0.25, -0.2) is 14.4 Å². The molecule has 0 aliphatic heterocycles. The van der Waals surface area contributed by atoms with Gasteiger partial charge in [-0.05, 0) is 49.1 Å². The SMILES string of the molecule is CCCCCCCCCCCCCCc1cnc(-c2ccc(OCCC(F)CCC)cc2)nc1. The first-order chi connectivity index (χ1) is 16.7. The summed E-state index contributed by atoms with van der Waals surface area (Å²) in [5, 5.41) is 0. The largest absolute Gasteiger partial charge is 0.493 e. The first-order valence-corrected chi connectivity index (χ1v) is 13.9. The van der Waals surface area contributed by atoms with Crippen LogP contribution in [0.4, 0.5) is 4.39 Å². The summed E-state index contributed by atoms with van der Waals surface area (Å²) in [5.74, 6) is 1.49. The number of aromatic nitrogens is 2. The lowest BCUT2D eigenvalue weighted by atomic mass is 10.0. The zero-order valence-corrected chi connectivity index (χ0v) is 21.7. The fourth-order valence-corrected chi connectivity index (χ4v) is 4.27. The quantitative estimate of drug-likeness (QED) is 0.181. The highest BCUT2D eigenvalue weighted by Gasteiger charge is 2.06. The third-order valence-corrected chi connectivity index (χ3v) is 6.44. The van der Waals surface area contributed by atoms with Crippen LogP contribution >= 0.6 is 0 Å². The van der Waals surface area contributed by atoms with Crippen LogP contribution in [0.3, 0.4) is 0 Å². The molecule has 34 heavy (non-hydrogen) atoms. The summed E-state index contributed by atoms with van der Waals surface area (Å²) in [6.45, 7) is 4.69. The van der Waals surface area contributed by atoms with E-state index >= 15 is 0 Å². The molecular formula is C30H47FN2O. The number of ether oxygens (including phenoxy) is 1. The second kappa shape index (κ2) is 18.4. The van der Waals surface area contributed by atoms with Gasteiger partial charge in [0.1, 0.15) is 11.9 Å². The van der Waals surface area contributed by atoms with Crippen molar-refractivity contribution in [2.75, 3.05) is 6.61 Å². The van der Waals surface area contributed by atoms with Crippen molar-refractivity contribution in [3.63, 3.8) is 0 Å². The summed E-state index contributed by atoms with van der Waals surface area (Å²) in [6.07, 6.45) is 22.6. The zero-order chi connectivity index (χ0) is 24.3. The molecule has 1 atom stereocenters. The average Bonchev–Trinajstić information content (AvgIpc) is 2.86. The van der Waals surface area contributed by atoms with E-state index in [-0.39, 0.29) is 0 Å². The number of nitrogens with zero attached hydrogens (tertiary/aromatic N) is 2. The molecule has 0 spiro atoms. The number of rotatable bonds is 20. The molecule has 0 saturated carbocycles. The molecule has 0 saturated heterocycles. The smallest absolute Gasteiger partial charge is 0.159 e. The Morgan fingerprint density at radius 3 is 1.82 bits per heavy atom. The fourth-order valence-electron chi connectivity index (χ4n) is 4.27. The van der Waals surface area contributed by atoms with Gasteiger partial charge in [-0.2, -0.15) is 0 Å². The van der Waals surface area contributed by atoms with Crippen molar-refractivity contribution >= 4 is 0 Å². The Bertz CT molecular complexity index is 732. The predicted octanol–water partition coefficient (Wildman–Crippen LogP) is 9.29. The molecule has 3 nitrogen and oxygen atoms in total. The minimum Gasteiger partial charge on any atom is -0.493 e. The summed E-state index contributed by atoms with van der Waals surface area (Å²) in [6, 6.07) is 7.75. The lowest BCUT2D eigenvalue weighted by molar-refractivity contribution is 0.225. The monoisotopic (exact) mass is 470 g/mol. The van der Waals surface area contributed by atoms with E-state index in [0.717, 1.165) is 30.0 Å². The van der Waals surface area contributed by atoms with Crippen molar-refractivity contribution in [3.05, 3.63) is 42.2 Å². The van der Waals surface area contributed by atoms with Gasteiger partial charge in [0.15, 0.2) is 5.82 Å². The highest BCUT2D eigenvalue weighted by atomic mass is 19.1. The van der Waals surface area contributed by atoms with Crippen LogP contribution < -0.4 is 4.74 Å². The number of unbranched alkanes of at least 4 members (excludes halogenated alkanes) is 11. The van der Waals surface area contributed by atoms with Gasteiger partial charge < -0.3 is 4.74 Å². The molecule has 0 fully saturated rings. The Balaban J connectivity index is 1.57. The minimum absolute atomic E-state index is 0.408. The van der Waals surface area contributed by atoms with Crippen LogP contribution in [0.15, 0.2) is 36.7 Å². The van der Waals surface area contributed by atoms with Crippen LogP contribution in [0.1, 0.15) is 116 Å². The highest BCUT2D eigenvalue weighted by molar-refractivity contribution is 5.55. The van der Waals surface area contributed by atoms with Gasteiger partial charge in [-0.1, -0.05) is 90.9 Å². The lowest BCUT2D eigenvalue weighted by Gasteiger charge is -2.09. The molecule has 1 unspecified atom stereocenters. The Hall–Kier alpha value is -1.97. The van der Waals surface area contributed by atoms with E-state index < -0.39 is 6.17 Å². The Labute approximate surface area is 208 Å². The minimum atomic E-state index is -0.772. The van der Waals surface area contributed by atoms with Gasteiger partial charge in [-0.3, -0.25) is 0 Å². The second-order valence-corrected chi connectivity index (χ2v) is 9.60. The van der Waals surface area contributed by atoms with Crippen molar-refractivity contribution in [2.45, 2.75) is 123 Å². The number of halogens is 1. The van der Waals surface area contributed by atoms with E-state index in [1.165, 1.54) is 82.6 Å². The fraction of sp³-hybridized carbons (Fsp3) is 0.667. The zero-order valence-electron chi connectivity index (χ0n) is 21.7. The van der Waals surface area contributed by atoms with E-state index in [0.29, 0.717) is 19.4 Å². The molecule has 0 aliphatic rings. The van der Waals surface area contributed by atoms with Gasteiger partial charge in [0.05, 0.1) is 6.61 Å². The molecule has 1 heterocycles. The van der Waals surface area contributed by atoms with E-state index in [2.05, 4.69) is 16.9 Å². The third-order valence-electron chi connectivity index (χ3n) is 6.44. The van der Waals surface area contributed by atoms with Gasteiger partial charge in [0, 0.05) is 24.4 Å². The maximum atomic E-state index is 13.5. The normalized spacial score (nSPS) is 12.1. The standard InChI is InChI=1S/C30H47FN2O/c1-3-5-6-7-8-9-10-11-12-13-14-15-17-26-24-32-30(33-25-26)27-18-20-29(21-19-27)34-23-22-28(31)16-4-2/h18-21,24-25,28H,3-17,22-23H2,1-2H3. The Morgan fingerprint density at radius 1 is 0.706 bits per heavy atom. The van der Waals surface area contributed by atoms with E-state index in [1.807, 2.05) is 43.6 Å². The van der Waals surface area contributed by atoms with Crippen LogP contribution in [-0.2, 0) is 6.42 Å². The molecule has 0 aliphatic carbocycles. The molecule has 2 rings (SSSR count). The first kappa shape index (κ1) is 28.3. The Morgan fingerprint density at radius 2 is 1.26 bits per heavy atom. The first-order valence-electron chi connectivity index (χ1n) is 13.9. The van der Waals surface area contributed by atoms with E-state index in [9.17, 15) is 4.39 Å². The summed E-state index contributed by atoms with van der Waals surface area (Å²) in [7, 11) is 0. The van der Waals surface area contributed by atoms with E-state index in [1.54, 1.807) is 0 Å². The lowest BCUT2D eigenvalue weighted by Crippen LogP contribution is -2.07. The maximum Gasteiger partial charge on any atom is 0.159 e. The topological polar surface area (TPSA) is 35.0 Å². The number of hydrogen-bond acceptors (Lipinski definition) is 3. The third kappa shape index (κ3) is 12.5. The number of aryl methyl sites for hydroxylation is 1. The van der Waals surface area contributed by atoms with Gasteiger partial charge in [0.25, 0.3) is 0 Å². The van der Waals surface area contributed by atoms with Crippen LogP contribution in [0.25, 0.3) is 11.4 Å². The number of hydrogen-bond donors (Lipinski definition) is 0. The van der Waals surface area contributed by atoms with Crippen LogP contribution in [0, 0.1) is 0 Å². The van der Waals surface area contributed by atoms with Gasteiger partial charge in [-0.15, -0.1) is 0 Å². The van der Waals surface area contributed by atoms with Crippen LogP contribution in [-0.4, -0.2) is 22.7 Å². The van der Waals surface area contributed by atoms with Crippen molar-refractivity contribution in [1.82, 2.24) is 9.97 Å². The molecule has 190 valence electrons. The van der Waals surface area contributed by atoms with Crippen molar-refractivity contribution in [2.24, 2.45) is 0 Å². The van der Waals surface area contributed by atoms with Crippen molar-refractivity contribution < 1.29 is 9.13 Å². The van der Waals surface area contributed by atoms with Crippen LogP contribution in [0.2, 0.25) is 0 Å². The maximum absolute atomic E-state index is 13.5. The summed E-state index contributed by atoms with van der Waals surface area (Å²) in [5.41, 5.74) is 2.18. The summed E-state index contributed by atoms with van der Waals surface area (Å²) in [4.78, 5) is 9.12. The summed E-state index contributed by atoms with van der Waals surface area (Å²) >= 11 is 0. The molecular weight excluding hydrogens is 423 g/mol. The second-order valence-electron chi connectivity index (χ2n) is 9.60. The van der Waals surface area contributed by atoms with E-state index in [4.69, 9.17) is 4.74 Å². The molecule has 0 N–H and O–H groups in total. The molecule has 0 radical (unpaired) electrons. The molecule has 1 aromatic carbocycles. The Kier molecular flexibility index (Phi) is 15.3. The highest BCUT2D eigenvalue weighted by Crippen LogP contribution is 2.20. The number of benzene rings is 1. The molecule has 0 amide bonds. The predicted molar refractivity (Wildman–Crippen MR) is 142 cm³/mol. The molecule has 0 bridgehead atoms. The molecule has 2 aromatic rings. The van der Waals surface area contributed by atoms with Gasteiger partial charge >= 0.3 is 0 Å².